The number of anilines is 1. The second-order valence-corrected chi connectivity index (χ2v) is 5.24. The van der Waals surface area contributed by atoms with Gasteiger partial charge in [0.1, 0.15) is 15.8 Å². The fourth-order valence-corrected chi connectivity index (χ4v) is 2.53. The van der Waals surface area contributed by atoms with Crippen LogP contribution in [0.25, 0.3) is 11.2 Å². The number of nitrogen functional groups attached to an aromatic ring is 1. The number of imidazole rings is 1. The zero-order valence-corrected chi connectivity index (χ0v) is 10.7. The Labute approximate surface area is 107 Å². The van der Waals surface area contributed by atoms with Crippen LogP contribution in [0.2, 0.25) is 0 Å². The average molecular weight is 267 g/mol. The standard InChI is InChI=1S/C10H13N5O2S/c1-4(2)6(9(16)17)18-8-5-7(13-3-12-5)14-10(11)15-8/h3-4,6H,1-2H3,(H,16,17)(H3,11,12,13,14,15)/t6-/m1/s1. The number of hydrogen-bond donors (Lipinski definition) is 3. The van der Waals surface area contributed by atoms with Gasteiger partial charge < -0.3 is 15.8 Å². The van der Waals surface area contributed by atoms with Crippen LogP contribution in [0.3, 0.4) is 0 Å². The second-order valence-electron chi connectivity index (χ2n) is 4.11. The normalized spacial score (nSPS) is 13.1. The highest BCUT2D eigenvalue weighted by molar-refractivity contribution is 8.00. The third-order valence-corrected chi connectivity index (χ3v) is 3.88. The Kier molecular flexibility index (Phi) is 3.37. The number of carboxylic acid groups (broad SMARTS) is 1. The molecule has 0 bridgehead atoms. The van der Waals surface area contributed by atoms with Crippen molar-refractivity contribution in [3.05, 3.63) is 6.33 Å². The van der Waals surface area contributed by atoms with E-state index in [2.05, 4.69) is 19.9 Å². The van der Waals surface area contributed by atoms with Crippen LogP contribution in [0.15, 0.2) is 11.4 Å². The van der Waals surface area contributed by atoms with Crippen LogP contribution in [0.4, 0.5) is 5.95 Å². The molecule has 0 aliphatic carbocycles. The summed E-state index contributed by atoms with van der Waals surface area (Å²) < 4.78 is 0. The Morgan fingerprint density at radius 1 is 1.50 bits per heavy atom. The number of hydrogen-bond acceptors (Lipinski definition) is 6. The van der Waals surface area contributed by atoms with Crippen molar-refractivity contribution in [1.82, 2.24) is 19.9 Å². The molecule has 18 heavy (non-hydrogen) atoms. The van der Waals surface area contributed by atoms with Crippen LogP contribution < -0.4 is 5.73 Å². The summed E-state index contributed by atoms with van der Waals surface area (Å²) in [6.45, 7) is 3.70. The molecule has 0 aliphatic heterocycles. The van der Waals surface area contributed by atoms with Gasteiger partial charge in [-0.25, -0.2) is 9.97 Å². The summed E-state index contributed by atoms with van der Waals surface area (Å²) in [4.78, 5) is 26.1. The van der Waals surface area contributed by atoms with Gasteiger partial charge in [-0.15, -0.1) is 0 Å². The molecule has 0 unspecified atom stereocenters. The van der Waals surface area contributed by atoms with E-state index in [1.165, 1.54) is 6.33 Å². The van der Waals surface area contributed by atoms with Crippen molar-refractivity contribution in [3.63, 3.8) is 0 Å². The minimum atomic E-state index is -0.875. The van der Waals surface area contributed by atoms with Crippen LogP contribution in [-0.4, -0.2) is 36.3 Å². The first kappa shape index (κ1) is 12.6. The number of fused-ring (bicyclic) bond motifs is 1. The SMILES string of the molecule is CC(C)[C@@H](Sc1nc(N)nc2nc[nH]c12)C(=O)O. The molecule has 0 aliphatic rings. The van der Waals surface area contributed by atoms with Gasteiger partial charge in [0.25, 0.3) is 0 Å². The zero-order valence-electron chi connectivity index (χ0n) is 9.91. The third-order valence-electron chi connectivity index (χ3n) is 2.36. The topological polar surface area (TPSA) is 118 Å². The molecule has 8 heteroatoms. The molecule has 0 aromatic carbocycles. The molecule has 0 radical (unpaired) electrons. The van der Waals surface area contributed by atoms with Gasteiger partial charge in [-0.05, 0) is 5.92 Å². The van der Waals surface area contributed by atoms with E-state index < -0.39 is 11.2 Å². The van der Waals surface area contributed by atoms with Crippen molar-refractivity contribution in [2.75, 3.05) is 5.73 Å². The molecule has 0 saturated heterocycles. The van der Waals surface area contributed by atoms with E-state index in [0.717, 1.165) is 11.8 Å². The number of rotatable bonds is 4. The number of nitrogens with two attached hydrogens (primary N) is 1. The molecule has 2 heterocycles. The lowest BCUT2D eigenvalue weighted by Gasteiger charge is -2.15. The molecule has 7 nitrogen and oxygen atoms in total. The van der Waals surface area contributed by atoms with Crippen LogP contribution >= 0.6 is 11.8 Å². The van der Waals surface area contributed by atoms with Gasteiger partial charge in [0.15, 0.2) is 5.65 Å². The number of aliphatic carboxylic acids is 1. The monoisotopic (exact) mass is 267 g/mol. The Balaban J connectivity index is 2.41. The lowest BCUT2D eigenvalue weighted by molar-refractivity contribution is -0.137. The highest BCUT2D eigenvalue weighted by atomic mass is 32.2. The van der Waals surface area contributed by atoms with Gasteiger partial charge in [0.2, 0.25) is 5.95 Å². The number of nitrogens with zero attached hydrogens (tertiary/aromatic N) is 3. The molecule has 0 amide bonds. The van der Waals surface area contributed by atoms with Crippen molar-refractivity contribution in [2.45, 2.75) is 24.1 Å². The Bertz CT molecular complexity index is 583. The molecule has 0 fully saturated rings. The molecule has 2 rings (SSSR count). The molecule has 96 valence electrons. The first-order chi connectivity index (χ1) is 8.49. The number of carbonyl (C=O) groups is 1. The van der Waals surface area contributed by atoms with Crippen molar-refractivity contribution in [1.29, 1.82) is 0 Å². The summed E-state index contributed by atoms with van der Waals surface area (Å²) in [6, 6.07) is 0. The van der Waals surface area contributed by atoms with Crippen LogP contribution in [0, 0.1) is 5.92 Å². The lowest BCUT2D eigenvalue weighted by Crippen LogP contribution is -2.22. The van der Waals surface area contributed by atoms with Gasteiger partial charge in [-0.2, -0.15) is 4.98 Å². The highest BCUT2D eigenvalue weighted by Gasteiger charge is 2.25. The fourth-order valence-electron chi connectivity index (χ4n) is 1.50. The van der Waals surface area contributed by atoms with E-state index in [0.29, 0.717) is 16.2 Å². The van der Waals surface area contributed by atoms with E-state index >= 15 is 0 Å². The van der Waals surface area contributed by atoms with Crippen molar-refractivity contribution < 1.29 is 9.90 Å². The summed E-state index contributed by atoms with van der Waals surface area (Å²) in [5.41, 5.74) is 6.63. The van der Waals surface area contributed by atoms with Gasteiger partial charge in [-0.1, -0.05) is 25.6 Å². The number of thioether (sulfide) groups is 1. The van der Waals surface area contributed by atoms with E-state index in [1.54, 1.807) is 0 Å². The number of carboxylic acids is 1. The predicted octanol–water partition coefficient (Wildman–Crippen LogP) is 1.14. The summed E-state index contributed by atoms with van der Waals surface area (Å²) in [5, 5.41) is 9.09. The summed E-state index contributed by atoms with van der Waals surface area (Å²) in [7, 11) is 0. The molecule has 2 aromatic heterocycles. The molecule has 4 N–H and O–H groups in total. The van der Waals surface area contributed by atoms with E-state index in [-0.39, 0.29) is 11.9 Å². The Morgan fingerprint density at radius 3 is 2.83 bits per heavy atom. The smallest absolute Gasteiger partial charge is 0.317 e. The van der Waals surface area contributed by atoms with Crippen LogP contribution in [0.5, 0.6) is 0 Å². The van der Waals surface area contributed by atoms with E-state index in [1.807, 2.05) is 13.8 Å². The van der Waals surface area contributed by atoms with E-state index in [4.69, 9.17) is 5.73 Å². The largest absolute Gasteiger partial charge is 0.480 e. The lowest BCUT2D eigenvalue weighted by atomic mass is 10.1. The number of aromatic amines is 1. The number of H-pyrrole nitrogens is 1. The molecular weight excluding hydrogens is 254 g/mol. The molecular formula is C10H13N5O2S. The predicted molar refractivity (Wildman–Crippen MR) is 68.2 cm³/mol. The maximum absolute atomic E-state index is 11.2. The van der Waals surface area contributed by atoms with Crippen molar-refractivity contribution in [2.24, 2.45) is 5.92 Å². The fraction of sp³-hybridized carbons (Fsp3) is 0.400. The minimum absolute atomic E-state index is 0.0262. The summed E-state index contributed by atoms with van der Waals surface area (Å²) in [6.07, 6.45) is 1.48. The third kappa shape index (κ3) is 2.37. The molecule has 1 atom stereocenters. The molecule has 0 spiro atoms. The first-order valence-corrected chi connectivity index (χ1v) is 6.23. The average Bonchev–Trinajstić information content (AvgIpc) is 2.72. The van der Waals surface area contributed by atoms with Crippen molar-refractivity contribution >= 4 is 34.8 Å². The van der Waals surface area contributed by atoms with E-state index in [9.17, 15) is 9.90 Å². The Hall–Kier alpha value is -1.83. The summed E-state index contributed by atoms with van der Waals surface area (Å²) >= 11 is 1.15. The highest BCUT2D eigenvalue weighted by Crippen LogP contribution is 2.31. The second kappa shape index (κ2) is 4.81. The van der Waals surface area contributed by atoms with Gasteiger partial charge >= 0.3 is 5.97 Å². The number of nitrogens with one attached hydrogen (secondary N) is 1. The quantitative estimate of drug-likeness (QED) is 0.561. The Morgan fingerprint density at radius 2 is 2.22 bits per heavy atom. The molecule has 0 saturated carbocycles. The minimum Gasteiger partial charge on any atom is -0.480 e. The first-order valence-electron chi connectivity index (χ1n) is 5.35. The maximum Gasteiger partial charge on any atom is 0.317 e. The zero-order chi connectivity index (χ0) is 13.3. The maximum atomic E-state index is 11.2. The van der Waals surface area contributed by atoms with Gasteiger partial charge in [0.05, 0.1) is 6.33 Å². The van der Waals surface area contributed by atoms with Crippen LogP contribution in [0.1, 0.15) is 13.8 Å². The van der Waals surface area contributed by atoms with Crippen LogP contribution in [-0.2, 0) is 4.79 Å². The molecule has 2 aromatic rings. The summed E-state index contributed by atoms with van der Waals surface area (Å²) in [5.74, 6) is -0.813. The van der Waals surface area contributed by atoms with Gasteiger partial charge in [0, 0.05) is 0 Å². The number of aromatic nitrogens is 4. The van der Waals surface area contributed by atoms with Gasteiger partial charge in [-0.3, -0.25) is 4.79 Å². The van der Waals surface area contributed by atoms with Crippen molar-refractivity contribution in [3.8, 4) is 0 Å².